The standard InChI is InChI=1S/C25H19NO2/c1-17-11-13-18(14-12-17)15-16-22(27)24-23(19-7-3-2-4-8-19)20-9-5-6-10-21(20)26-25(24)28/h2-16H,1H3,(H,26,28). The van der Waals surface area contributed by atoms with Gasteiger partial charge in [0.05, 0.1) is 5.56 Å². The first kappa shape index (κ1) is 17.7. The lowest BCUT2D eigenvalue weighted by molar-refractivity contribution is 0.104. The highest BCUT2D eigenvalue weighted by Gasteiger charge is 2.18. The van der Waals surface area contributed by atoms with E-state index in [0.717, 1.165) is 22.1 Å². The Labute approximate surface area is 163 Å². The second-order valence-electron chi connectivity index (χ2n) is 6.72. The van der Waals surface area contributed by atoms with Crippen molar-refractivity contribution in [3.63, 3.8) is 0 Å². The van der Waals surface area contributed by atoms with Crippen LogP contribution in [-0.4, -0.2) is 10.8 Å². The number of aromatic amines is 1. The van der Waals surface area contributed by atoms with Crippen LogP contribution >= 0.6 is 0 Å². The van der Waals surface area contributed by atoms with Crippen LogP contribution in [0.2, 0.25) is 0 Å². The third kappa shape index (κ3) is 3.42. The number of hydrogen-bond acceptors (Lipinski definition) is 2. The molecule has 3 nitrogen and oxygen atoms in total. The minimum Gasteiger partial charge on any atom is -0.321 e. The fourth-order valence-electron chi connectivity index (χ4n) is 3.32. The van der Waals surface area contributed by atoms with Crippen LogP contribution in [0.25, 0.3) is 28.1 Å². The van der Waals surface area contributed by atoms with Gasteiger partial charge >= 0.3 is 0 Å². The van der Waals surface area contributed by atoms with Gasteiger partial charge in [0.2, 0.25) is 0 Å². The van der Waals surface area contributed by atoms with Crippen molar-refractivity contribution in [1.29, 1.82) is 0 Å². The molecule has 1 aromatic heterocycles. The number of nitrogens with one attached hydrogen (secondary N) is 1. The molecule has 1 N–H and O–H groups in total. The highest BCUT2D eigenvalue weighted by Crippen LogP contribution is 2.29. The number of para-hydroxylation sites is 1. The number of fused-ring (bicyclic) bond motifs is 1. The molecule has 0 radical (unpaired) electrons. The zero-order chi connectivity index (χ0) is 19.5. The van der Waals surface area contributed by atoms with Gasteiger partial charge in [0.25, 0.3) is 5.56 Å². The van der Waals surface area contributed by atoms with Gasteiger partial charge in [0, 0.05) is 16.5 Å². The second kappa shape index (κ2) is 7.49. The summed E-state index contributed by atoms with van der Waals surface area (Å²) in [5, 5.41) is 0.848. The van der Waals surface area contributed by atoms with E-state index in [9.17, 15) is 9.59 Å². The van der Waals surface area contributed by atoms with E-state index < -0.39 is 0 Å². The number of rotatable bonds is 4. The second-order valence-corrected chi connectivity index (χ2v) is 6.72. The van der Waals surface area contributed by atoms with Crippen LogP contribution in [-0.2, 0) is 0 Å². The molecule has 4 rings (SSSR count). The van der Waals surface area contributed by atoms with Crippen molar-refractivity contribution in [1.82, 2.24) is 4.98 Å². The van der Waals surface area contributed by atoms with Crippen LogP contribution in [0.1, 0.15) is 21.5 Å². The van der Waals surface area contributed by atoms with Gasteiger partial charge in [0.1, 0.15) is 0 Å². The van der Waals surface area contributed by atoms with Crippen molar-refractivity contribution in [2.24, 2.45) is 0 Å². The third-order valence-electron chi connectivity index (χ3n) is 4.74. The number of carbonyl (C=O) groups excluding carboxylic acids is 1. The van der Waals surface area contributed by atoms with Crippen LogP contribution in [0.3, 0.4) is 0 Å². The molecule has 0 atom stereocenters. The monoisotopic (exact) mass is 365 g/mol. The number of pyridine rings is 1. The third-order valence-corrected chi connectivity index (χ3v) is 4.74. The molecule has 3 heteroatoms. The SMILES string of the molecule is Cc1ccc(C=CC(=O)c2c(-c3ccccc3)c3ccccc3[nH]c2=O)cc1. The molecule has 0 amide bonds. The molecule has 4 aromatic rings. The molecule has 0 aliphatic rings. The zero-order valence-corrected chi connectivity index (χ0v) is 15.5. The summed E-state index contributed by atoms with van der Waals surface area (Å²) in [5.74, 6) is -0.313. The largest absolute Gasteiger partial charge is 0.321 e. The predicted octanol–water partition coefficient (Wildman–Crippen LogP) is 5.40. The smallest absolute Gasteiger partial charge is 0.260 e. The molecule has 0 fully saturated rings. The van der Waals surface area contributed by atoms with Gasteiger partial charge in [0.15, 0.2) is 5.78 Å². The number of H-pyrrole nitrogens is 1. The molecule has 0 aliphatic carbocycles. The van der Waals surface area contributed by atoms with E-state index in [-0.39, 0.29) is 16.9 Å². The van der Waals surface area contributed by atoms with E-state index in [0.29, 0.717) is 11.1 Å². The van der Waals surface area contributed by atoms with Crippen molar-refractivity contribution in [3.05, 3.63) is 112 Å². The summed E-state index contributed by atoms with van der Waals surface area (Å²) in [6.07, 6.45) is 3.21. The number of ketones is 1. The predicted molar refractivity (Wildman–Crippen MR) is 115 cm³/mol. The Morgan fingerprint density at radius 2 is 1.54 bits per heavy atom. The normalized spacial score (nSPS) is 11.2. The average Bonchev–Trinajstić information content (AvgIpc) is 2.72. The Bertz CT molecular complexity index is 1230. The first-order valence-electron chi connectivity index (χ1n) is 9.13. The topological polar surface area (TPSA) is 49.9 Å². The van der Waals surface area contributed by atoms with Crippen molar-refractivity contribution in [2.45, 2.75) is 6.92 Å². The molecule has 0 unspecified atom stereocenters. The van der Waals surface area contributed by atoms with Gasteiger partial charge in [-0.15, -0.1) is 0 Å². The fourth-order valence-corrected chi connectivity index (χ4v) is 3.32. The minimum absolute atomic E-state index is 0.160. The number of carbonyl (C=O) groups is 1. The first-order chi connectivity index (χ1) is 13.6. The molecule has 0 bridgehead atoms. The molecule has 136 valence electrons. The Balaban J connectivity index is 1.88. The van der Waals surface area contributed by atoms with E-state index in [1.807, 2.05) is 85.8 Å². The summed E-state index contributed by atoms with van der Waals surface area (Å²) in [6, 6.07) is 25.0. The van der Waals surface area contributed by atoms with Crippen LogP contribution in [0, 0.1) is 6.92 Å². The van der Waals surface area contributed by atoms with E-state index in [4.69, 9.17) is 0 Å². The number of benzene rings is 3. The highest BCUT2D eigenvalue weighted by atomic mass is 16.1. The lowest BCUT2D eigenvalue weighted by Crippen LogP contribution is -2.18. The summed E-state index contributed by atoms with van der Waals surface area (Å²) < 4.78 is 0. The summed E-state index contributed by atoms with van der Waals surface area (Å²) in [5.41, 5.74) is 4.07. The first-order valence-corrected chi connectivity index (χ1v) is 9.13. The van der Waals surface area contributed by atoms with Crippen molar-refractivity contribution in [2.75, 3.05) is 0 Å². The van der Waals surface area contributed by atoms with Gasteiger partial charge in [-0.2, -0.15) is 0 Å². The highest BCUT2D eigenvalue weighted by molar-refractivity contribution is 6.15. The molecular formula is C25H19NO2. The molecule has 0 spiro atoms. The van der Waals surface area contributed by atoms with E-state index in [1.54, 1.807) is 6.08 Å². The number of aryl methyl sites for hydroxylation is 1. The zero-order valence-electron chi connectivity index (χ0n) is 15.5. The van der Waals surface area contributed by atoms with Crippen LogP contribution in [0.4, 0.5) is 0 Å². The maximum absolute atomic E-state index is 13.0. The Hall–Kier alpha value is -3.72. The van der Waals surface area contributed by atoms with Gasteiger partial charge in [-0.1, -0.05) is 84.4 Å². The molecule has 28 heavy (non-hydrogen) atoms. The van der Waals surface area contributed by atoms with Gasteiger partial charge in [-0.25, -0.2) is 0 Å². The quantitative estimate of drug-likeness (QED) is 0.389. The van der Waals surface area contributed by atoms with E-state index >= 15 is 0 Å². The Kier molecular flexibility index (Phi) is 4.73. The van der Waals surface area contributed by atoms with E-state index in [1.165, 1.54) is 6.08 Å². The molecule has 0 aliphatic heterocycles. The number of aromatic nitrogens is 1. The Morgan fingerprint density at radius 3 is 2.29 bits per heavy atom. The molecule has 1 heterocycles. The molecule has 0 saturated carbocycles. The summed E-state index contributed by atoms with van der Waals surface area (Å²) in [6.45, 7) is 2.01. The van der Waals surface area contributed by atoms with E-state index in [2.05, 4.69) is 4.98 Å². The van der Waals surface area contributed by atoms with Crippen LogP contribution < -0.4 is 5.56 Å². The maximum atomic E-state index is 13.0. The van der Waals surface area contributed by atoms with Crippen molar-refractivity contribution in [3.8, 4) is 11.1 Å². The van der Waals surface area contributed by atoms with Gasteiger partial charge in [-0.05, 0) is 30.2 Å². The average molecular weight is 365 g/mol. The maximum Gasteiger partial charge on any atom is 0.260 e. The lowest BCUT2D eigenvalue weighted by Gasteiger charge is -2.11. The minimum atomic E-state index is -0.379. The Morgan fingerprint density at radius 1 is 0.857 bits per heavy atom. The molecule has 3 aromatic carbocycles. The van der Waals surface area contributed by atoms with Crippen molar-refractivity contribution < 1.29 is 4.79 Å². The summed E-state index contributed by atoms with van der Waals surface area (Å²) in [7, 11) is 0. The van der Waals surface area contributed by atoms with Gasteiger partial charge in [-0.3, -0.25) is 9.59 Å². The molecule has 0 saturated heterocycles. The van der Waals surface area contributed by atoms with Gasteiger partial charge < -0.3 is 4.98 Å². The summed E-state index contributed by atoms with van der Waals surface area (Å²) >= 11 is 0. The van der Waals surface area contributed by atoms with Crippen molar-refractivity contribution >= 4 is 22.8 Å². The number of hydrogen-bond donors (Lipinski definition) is 1. The molecular weight excluding hydrogens is 346 g/mol. The fraction of sp³-hybridized carbons (Fsp3) is 0.0400. The van der Waals surface area contributed by atoms with Crippen LogP contribution in [0.5, 0.6) is 0 Å². The van der Waals surface area contributed by atoms with Crippen LogP contribution in [0.15, 0.2) is 89.7 Å². The summed E-state index contributed by atoms with van der Waals surface area (Å²) in [4.78, 5) is 28.7. The lowest BCUT2D eigenvalue weighted by atomic mass is 9.94. The number of allylic oxidation sites excluding steroid dienone is 1.